The van der Waals surface area contributed by atoms with E-state index in [1.54, 1.807) is 4.90 Å². The Kier molecular flexibility index (Phi) is 4.55. The van der Waals surface area contributed by atoms with Crippen LogP contribution in [-0.2, 0) is 29.1 Å². The van der Waals surface area contributed by atoms with Gasteiger partial charge in [-0.3, -0.25) is 19.7 Å². The average Bonchev–Trinajstić information content (AvgIpc) is 3.26. The molecule has 0 saturated carbocycles. The monoisotopic (exact) mass is 404 g/mol. The van der Waals surface area contributed by atoms with Crippen LogP contribution in [0.2, 0.25) is 0 Å². The van der Waals surface area contributed by atoms with Crippen LogP contribution < -0.4 is 16.4 Å². The molecule has 4 N–H and O–H groups in total. The number of amides is 3. The third-order valence-corrected chi connectivity index (χ3v) is 6.35. The first-order valence-electron chi connectivity index (χ1n) is 10.4. The van der Waals surface area contributed by atoms with Gasteiger partial charge < -0.3 is 16.0 Å². The van der Waals surface area contributed by atoms with Gasteiger partial charge in [0, 0.05) is 36.8 Å². The normalized spacial score (nSPS) is 22.7. The molecule has 7 heteroatoms. The second-order valence-corrected chi connectivity index (χ2v) is 8.30. The maximum atomic E-state index is 12.8. The van der Waals surface area contributed by atoms with Crippen LogP contribution in [0.3, 0.4) is 0 Å². The van der Waals surface area contributed by atoms with E-state index in [1.165, 1.54) is 11.1 Å². The highest BCUT2D eigenvalue weighted by molar-refractivity contribution is 6.05. The summed E-state index contributed by atoms with van der Waals surface area (Å²) in [5, 5.41) is 5.78. The summed E-state index contributed by atoms with van der Waals surface area (Å²) in [6.07, 6.45) is 2.68. The van der Waals surface area contributed by atoms with Gasteiger partial charge in [0.05, 0.1) is 0 Å². The molecule has 5 rings (SSSR count). The van der Waals surface area contributed by atoms with Crippen molar-refractivity contribution in [3.05, 3.63) is 64.2 Å². The molecule has 0 spiro atoms. The zero-order valence-electron chi connectivity index (χ0n) is 16.6. The fourth-order valence-electron chi connectivity index (χ4n) is 4.69. The number of aryl methyl sites for hydroxylation is 1. The second kappa shape index (κ2) is 7.25. The fourth-order valence-corrected chi connectivity index (χ4v) is 4.69. The van der Waals surface area contributed by atoms with Gasteiger partial charge in [0.25, 0.3) is 5.91 Å². The number of imide groups is 1. The van der Waals surface area contributed by atoms with Crippen LogP contribution in [-0.4, -0.2) is 28.7 Å². The van der Waals surface area contributed by atoms with E-state index < -0.39 is 6.04 Å². The Morgan fingerprint density at radius 2 is 1.90 bits per heavy atom. The van der Waals surface area contributed by atoms with Crippen LogP contribution in [0.4, 0.5) is 5.69 Å². The summed E-state index contributed by atoms with van der Waals surface area (Å²) in [5.41, 5.74) is 12.4. The highest BCUT2D eigenvalue weighted by Gasteiger charge is 2.39. The van der Waals surface area contributed by atoms with Gasteiger partial charge >= 0.3 is 0 Å². The standard InChI is InChI=1S/C23H24N4O3/c24-19-6-3-14-2-4-16(10-18(14)19)25-11-13-1-5-17-15(9-13)12-27(23(17)30)20-7-8-21(28)26-22(20)29/h1-2,4-5,9-10,19-20,25H,3,6-8,11-12,24H2,(H,26,28,29). The Morgan fingerprint density at radius 1 is 1.03 bits per heavy atom. The number of rotatable bonds is 4. The lowest BCUT2D eigenvalue weighted by atomic mass is 10.0. The summed E-state index contributed by atoms with van der Waals surface area (Å²) < 4.78 is 0. The number of carbonyl (C=O) groups excluding carboxylic acids is 3. The number of fused-ring (bicyclic) bond motifs is 2. The number of anilines is 1. The highest BCUT2D eigenvalue weighted by Crippen LogP contribution is 2.32. The summed E-state index contributed by atoms with van der Waals surface area (Å²) in [7, 11) is 0. The minimum atomic E-state index is -0.584. The van der Waals surface area contributed by atoms with Crippen LogP contribution in [0.15, 0.2) is 36.4 Å². The van der Waals surface area contributed by atoms with Gasteiger partial charge in [0.2, 0.25) is 11.8 Å². The number of carbonyl (C=O) groups is 3. The molecule has 0 bridgehead atoms. The molecule has 7 nitrogen and oxygen atoms in total. The molecule has 1 saturated heterocycles. The van der Waals surface area contributed by atoms with Crippen molar-refractivity contribution in [2.45, 2.75) is 50.9 Å². The number of hydrogen-bond acceptors (Lipinski definition) is 5. The van der Waals surface area contributed by atoms with Gasteiger partial charge in [-0.1, -0.05) is 18.2 Å². The Balaban J connectivity index is 1.28. The lowest BCUT2D eigenvalue weighted by Gasteiger charge is -2.29. The molecule has 3 aliphatic rings. The number of hydrogen-bond donors (Lipinski definition) is 3. The van der Waals surface area contributed by atoms with Crippen LogP contribution in [0.1, 0.15) is 57.9 Å². The van der Waals surface area contributed by atoms with Gasteiger partial charge in [0.15, 0.2) is 0 Å². The van der Waals surface area contributed by atoms with Crippen molar-refractivity contribution in [2.75, 3.05) is 5.32 Å². The van der Waals surface area contributed by atoms with Crippen LogP contribution in [0.5, 0.6) is 0 Å². The van der Waals surface area contributed by atoms with Crippen LogP contribution in [0, 0.1) is 0 Å². The summed E-state index contributed by atoms with van der Waals surface area (Å²) >= 11 is 0. The van der Waals surface area contributed by atoms with Crippen molar-refractivity contribution in [3.63, 3.8) is 0 Å². The van der Waals surface area contributed by atoms with Gasteiger partial charge in [-0.2, -0.15) is 0 Å². The van der Waals surface area contributed by atoms with Crippen molar-refractivity contribution in [3.8, 4) is 0 Å². The molecule has 1 aliphatic carbocycles. The molecule has 2 aliphatic heterocycles. The first-order chi connectivity index (χ1) is 14.5. The van der Waals surface area contributed by atoms with E-state index in [9.17, 15) is 14.4 Å². The maximum Gasteiger partial charge on any atom is 0.255 e. The fraction of sp³-hybridized carbons (Fsp3) is 0.348. The predicted octanol–water partition coefficient (Wildman–Crippen LogP) is 2.01. The topological polar surface area (TPSA) is 105 Å². The molecule has 2 aromatic rings. The second-order valence-electron chi connectivity index (χ2n) is 8.30. The van der Waals surface area contributed by atoms with Gasteiger partial charge in [0.1, 0.15) is 6.04 Å². The Morgan fingerprint density at radius 3 is 2.73 bits per heavy atom. The van der Waals surface area contributed by atoms with E-state index in [4.69, 9.17) is 5.73 Å². The molecule has 0 aromatic heterocycles. The average molecular weight is 404 g/mol. The molecule has 3 amide bonds. The van der Waals surface area contributed by atoms with Crippen LogP contribution >= 0.6 is 0 Å². The Labute approximate surface area is 174 Å². The molecule has 1 fully saturated rings. The number of benzene rings is 2. The summed E-state index contributed by atoms with van der Waals surface area (Å²) in [5.74, 6) is -0.808. The molecule has 2 aromatic carbocycles. The number of piperidine rings is 1. The summed E-state index contributed by atoms with van der Waals surface area (Å²) in [6, 6.07) is 11.7. The van der Waals surface area contributed by atoms with Crippen molar-refractivity contribution in [1.29, 1.82) is 0 Å². The molecule has 30 heavy (non-hydrogen) atoms. The van der Waals surface area contributed by atoms with E-state index in [2.05, 4.69) is 28.8 Å². The molecule has 2 atom stereocenters. The van der Waals surface area contributed by atoms with E-state index in [1.807, 2.05) is 18.2 Å². The Bertz CT molecular complexity index is 1060. The minimum Gasteiger partial charge on any atom is -0.381 e. The van der Waals surface area contributed by atoms with Crippen LogP contribution in [0.25, 0.3) is 0 Å². The lowest BCUT2D eigenvalue weighted by Crippen LogP contribution is -2.52. The predicted molar refractivity (Wildman–Crippen MR) is 112 cm³/mol. The van der Waals surface area contributed by atoms with Crippen molar-refractivity contribution < 1.29 is 14.4 Å². The molecular weight excluding hydrogens is 380 g/mol. The van der Waals surface area contributed by atoms with Crippen molar-refractivity contribution >= 4 is 23.4 Å². The molecule has 154 valence electrons. The summed E-state index contributed by atoms with van der Waals surface area (Å²) in [4.78, 5) is 37.9. The SMILES string of the molecule is NC1CCc2ccc(NCc3ccc4c(c3)CN(C3CCC(=O)NC3=O)C4=O)cc21. The van der Waals surface area contributed by atoms with Crippen molar-refractivity contribution in [1.82, 2.24) is 10.2 Å². The third-order valence-electron chi connectivity index (χ3n) is 6.35. The maximum absolute atomic E-state index is 12.8. The first kappa shape index (κ1) is 18.8. The molecule has 0 radical (unpaired) electrons. The van der Waals surface area contributed by atoms with E-state index in [-0.39, 0.29) is 30.2 Å². The molecule has 2 heterocycles. The van der Waals surface area contributed by atoms with Gasteiger partial charge in [-0.25, -0.2) is 0 Å². The summed E-state index contributed by atoms with van der Waals surface area (Å²) in [6.45, 7) is 1.02. The van der Waals surface area contributed by atoms with Gasteiger partial charge in [-0.15, -0.1) is 0 Å². The number of nitrogens with zero attached hydrogens (tertiary/aromatic N) is 1. The number of nitrogens with one attached hydrogen (secondary N) is 2. The van der Waals surface area contributed by atoms with Crippen molar-refractivity contribution in [2.24, 2.45) is 5.73 Å². The zero-order chi connectivity index (χ0) is 20.8. The first-order valence-corrected chi connectivity index (χ1v) is 10.4. The largest absolute Gasteiger partial charge is 0.381 e. The highest BCUT2D eigenvalue weighted by atomic mass is 16.2. The third kappa shape index (κ3) is 3.25. The van der Waals surface area contributed by atoms with Gasteiger partial charge in [-0.05, 0) is 59.7 Å². The number of nitrogens with two attached hydrogens (primary N) is 1. The molecule has 2 unspecified atom stereocenters. The quantitative estimate of drug-likeness (QED) is 0.676. The zero-order valence-corrected chi connectivity index (χ0v) is 16.6. The van der Waals surface area contributed by atoms with E-state index in [0.29, 0.717) is 25.1 Å². The smallest absolute Gasteiger partial charge is 0.255 e. The molecular formula is C23H24N4O3. The Hall–Kier alpha value is -3.19. The minimum absolute atomic E-state index is 0.117. The van der Waals surface area contributed by atoms with E-state index in [0.717, 1.165) is 29.7 Å². The lowest BCUT2D eigenvalue weighted by molar-refractivity contribution is -0.136. The van der Waals surface area contributed by atoms with E-state index >= 15 is 0 Å².